The minimum Gasteiger partial charge on any atom is -0.295 e. The van der Waals surface area contributed by atoms with Gasteiger partial charge in [-0.25, -0.2) is 0 Å². The number of benzene rings is 1. The number of hydrogen-bond donors (Lipinski definition) is 0. The van der Waals surface area contributed by atoms with E-state index in [1.165, 1.54) is 18.2 Å². The number of hydrogen-bond acceptors (Lipinski definition) is 1. The van der Waals surface area contributed by atoms with Crippen LogP contribution in [0.3, 0.4) is 0 Å². The van der Waals surface area contributed by atoms with E-state index in [2.05, 4.69) is 0 Å². The number of alkyl halides is 3. The standard InChI is InChI=1S/C13H11F3O/c14-13(15,16)12-7-2-1-6-11(12)9-4-3-5-10(17)8-9/h1-2,6-8H,3-5H2. The predicted octanol–water partition coefficient (Wildman–Crippen LogP) is 3.84. The van der Waals surface area contributed by atoms with E-state index in [-0.39, 0.29) is 11.3 Å². The third-order valence-electron chi connectivity index (χ3n) is 2.78. The SMILES string of the molecule is O=C1C=C(c2ccccc2C(F)(F)F)CCC1. The number of allylic oxidation sites excluding steroid dienone is 2. The van der Waals surface area contributed by atoms with Gasteiger partial charge in [0.2, 0.25) is 0 Å². The first-order chi connectivity index (χ1) is 7.98. The lowest BCUT2D eigenvalue weighted by Gasteiger charge is -2.17. The molecule has 1 aromatic carbocycles. The summed E-state index contributed by atoms with van der Waals surface area (Å²) in [5.74, 6) is -0.0942. The van der Waals surface area contributed by atoms with Crippen molar-refractivity contribution < 1.29 is 18.0 Å². The number of carbonyl (C=O) groups is 1. The van der Waals surface area contributed by atoms with Gasteiger partial charge in [-0.2, -0.15) is 13.2 Å². The highest BCUT2D eigenvalue weighted by Crippen LogP contribution is 2.37. The lowest BCUT2D eigenvalue weighted by atomic mass is 9.90. The summed E-state index contributed by atoms with van der Waals surface area (Å²) < 4.78 is 38.4. The van der Waals surface area contributed by atoms with Crippen LogP contribution in [-0.4, -0.2) is 5.78 Å². The van der Waals surface area contributed by atoms with Crippen molar-refractivity contribution in [3.8, 4) is 0 Å². The van der Waals surface area contributed by atoms with Gasteiger partial charge in [0.05, 0.1) is 5.56 Å². The summed E-state index contributed by atoms with van der Waals surface area (Å²) >= 11 is 0. The van der Waals surface area contributed by atoms with Crippen molar-refractivity contribution in [2.24, 2.45) is 0 Å². The maximum Gasteiger partial charge on any atom is 0.416 e. The Balaban J connectivity index is 2.49. The van der Waals surface area contributed by atoms with Gasteiger partial charge in [0.15, 0.2) is 5.78 Å². The Morgan fingerprint density at radius 2 is 1.76 bits per heavy atom. The van der Waals surface area contributed by atoms with Crippen molar-refractivity contribution in [2.75, 3.05) is 0 Å². The molecule has 17 heavy (non-hydrogen) atoms. The van der Waals surface area contributed by atoms with Crippen LogP contribution in [0.15, 0.2) is 30.3 Å². The summed E-state index contributed by atoms with van der Waals surface area (Å²) in [6.07, 6.45) is -1.46. The second kappa shape index (κ2) is 4.35. The summed E-state index contributed by atoms with van der Waals surface area (Å²) in [6.45, 7) is 0. The van der Waals surface area contributed by atoms with Crippen LogP contribution in [0.2, 0.25) is 0 Å². The van der Waals surface area contributed by atoms with Gasteiger partial charge < -0.3 is 0 Å². The van der Waals surface area contributed by atoms with Crippen LogP contribution in [0, 0.1) is 0 Å². The quantitative estimate of drug-likeness (QED) is 0.728. The molecule has 0 amide bonds. The van der Waals surface area contributed by atoms with E-state index in [4.69, 9.17) is 0 Å². The zero-order chi connectivity index (χ0) is 12.5. The Labute approximate surface area is 96.9 Å². The van der Waals surface area contributed by atoms with Gasteiger partial charge in [0.1, 0.15) is 0 Å². The van der Waals surface area contributed by atoms with Gasteiger partial charge in [0.25, 0.3) is 0 Å². The molecule has 0 saturated heterocycles. The molecule has 0 spiro atoms. The highest BCUT2D eigenvalue weighted by atomic mass is 19.4. The summed E-state index contributed by atoms with van der Waals surface area (Å²) in [6, 6.07) is 5.39. The van der Waals surface area contributed by atoms with E-state index < -0.39 is 11.7 Å². The molecule has 2 rings (SSSR count). The molecule has 0 unspecified atom stereocenters. The Hall–Kier alpha value is -1.58. The lowest BCUT2D eigenvalue weighted by Crippen LogP contribution is -2.10. The summed E-state index contributed by atoms with van der Waals surface area (Å²) in [7, 11) is 0. The van der Waals surface area contributed by atoms with Crippen LogP contribution in [0.1, 0.15) is 30.4 Å². The fourth-order valence-corrected chi connectivity index (χ4v) is 2.01. The molecule has 1 nitrogen and oxygen atoms in total. The molecule has 0 aromatic heterocycles. The molecular formula is C13H11F3O. The minimum absolute atomic E-state index is 0.0942. The molecule has 0 N–H and O–H groups in total. The van der Waals surface area contributed by atoms with E-state index in [1.54, 1.807) is 6.07 Å². The first-order valence-electron chi connectivity index (χ1n) is 5.38. The topological polar surface area (TPSA) is 17.1 Å². The third-order valence-corrected chi connectivity index (χ3v) is 2.78. The Morgan fingerprint density at radius 1 is 1.06 bits per heavy atom. The van der Waals surface area contributed by atoms with Crippen molar-refractivity contribution in [1.29, 1.82) is 0 Å². The first kappa shape index (κ1) is 11.9. The van der Waals surface area contributed by atoms with E-state index in [0.717, 1.165) is 6.07 Å². The highest BCUT2D eigenvalue weighted by molar-refractivity contribution is 5.98. The number of halogens is 3. The fourth-order valence-electron chi connectivity index (χ4n) is 2.01. The molecule has 0 fully saturated rings. The van der Waals surface area contributed by atoms with Crippen LogP contribution in [0.4, 0.5) is 13.2 Å². The van der Waals surface area contributed by atoms with E-state index in [9.17, 15) is 18.0 Å². The lowest BCUT2D eigenvalue weighted by molar-refractivity contribution is -0.137. The normalized spacial score (nSPS) is 16.9. The molecule has 0 saturated carbocycles. The summed E-state index contributed by atoms with van der Waals surface area (Å²) in [5.41, 5.74) is -0.0387. The number of ketones is 1. The monoisotopic (exact) mass is 240 g/mol. The Kier molecular flexibility index (Phi) is 3.05. The van der Waals surface area contributed by atoms with E-state index in [1.807, 2.05) is 0 Å². The number of carbonyl (C=O) groups excluding carboxylic acids is 1. The molecule has 1 aliphatic carbocycles. The van der Waals surface area contributed by atoms with Gasteiger partial charge in [-0.05, 0) is 36.1 Å². The van der Waals surface area contributed by atoms with Gasteiger partial charge in [0, 0.05) is 6.42 Å². The van der Waals surface area contributed by atoms with Gasteiger partial charge in [-0.15, -0.1) is 0 Å². The van der Waals surface area contributed by atoms with Crippen LogP contribution in [-0.2, 0) is 11.0 Å². The molecule has 1 aromatic rings. The second-order valence-electron chi connectivity index (χ2n) is 4.03. The third kappa shape index (κ3) is 2.57. The fraction of sp³-hybridized carbons (Fsp3) is 0.308. The highest BCUT2D eigenvalue weighted by Gasteiger charge is 2.34. The molecule has 0 atom stereocenters. The van der Waals surface area contributed by atoms with Crippen LogP contribution in [0.25, 0.3) is 5.57 Å². The Morgan fingerprint density at radius 3 is 2.41 bits per heavy atom. The van der Waals surface area contributed by atoms with E-state index in [0.29, 0.717) is 24.8 Å². The van der Waals surface area contributed by atoms with Gasteiger partial charge >= 0.3 is 6.18 Å². The zero-order valence-corrected chi connectivity index (χ0v) is 9.05. The predicted molar refractivity (Wildman–Crippen MR) is 58.3 cm³/mol. The molecule has 4 heteroatoms. The summed E-state index contributed by atoms with van der Waals surface area (Å²) in [5, 5.41) is 0. The first-order valence-corrected chi connectivity index (χ1v) is 5.38. The molecule has 0 heterocycles. The zero-order valence-electron chi connectivity index (χ0n) is 9.05. The Bertz CT molecular complexity index is 472. The largest absolute Gasteiger partial charge is 0.416 e. The molecule has 0 bridgehead atoms. The summed E-state index contributed by atoms with van der Waals surface area (Å²) in [4.78, 5) is 11.3. The van der Waals surface area contributed by atoms with Crippen LogP contribution < -0.4 is 0 Å². The second-order valence-corrected chi connectivity index (χ2v) is 4.03. The van der Waals surface area contributed by atoms with E-state index >= 15 is 0 Å². The average Bonchev–Trinajstić information content (AvgIpc) is 2.28. The van der Waals surface area contributed by atoms with Crippen molar-refractivity contribution in [2.45, 2.75) is 25.4 Å². The van der Waals surface area contributed by atoms with Crippen LogP contribution in [0.5, 0.6) is 0 Å². The van der Waals surface area contributed by atoms with Gasteiger partial charge in [-0.1, -0.05) is 18.2 Å². The van der Waals surface area contributed by atoms with Crippen LogP contribution >= 0.6 is 0 Å². The smallest absolute Gasteiger partial charge is 0.295 e. The number of rotatable bonds is 1. The van der Waals surface area contributed by atoms with Crippen molar-refractivity contribution in [3.63, 3.8) is 0 Å². The molecule has 90 valence electrons. The molecule has 0 aliphatic heterocycles. The molecular weight excluding hydrogens is 229 g/mol. The van der Waals surface area contributed by atoms with Crippen molar-refractivity contribution in [3.05, 3.63) is 41.5 Å². The van der Waals surface area contributed by atoms with Crippen molar-refractivity contribution >= 4 is 11.4 Å². The maximum atomic E-state index is 12.8. The van der Waals surface area contributed by atoms with Crippen molar-refractivity contribution in [1.82, 2.24) is 0 Å². The van der Waals surface area contributed by atoms with Gasteiger partial charge in [-0.3, -0.25) is 4.79 Å². The maximum absolute atomic E-state index is 12.8. The molecule has 1 aliphatic rings. The molecule has 0 radical (unpaired) electrons. The average molecular weight is 240 g/mol. The minimum atomic E-state index is -4.38.